The molecule has 0 bridgehead atoms. The lowest BCUT2D eigenvalue weighted by Gasteiger charge is -2.02. The van der Waals surface area contributed by atoms with Gasteiger partial charge in [0, 0.05) is 29.6 Å². The van der Waals surface area contributed by atoms with E-state index in [-0.39, 0.29) is 11.7 Å². The van der Waals surface area contributed by atoms with E-state index in [4.69, 9.17) is 16.7 Å². The molecule has 4 nitrogen and oxygen atoms in total. The first-order valence-corrected chi connectivity index (χ1v) is 7.44. The Morgan fingerprint density at radius 2 is 2.05 bits per heavy atom. The second-order valence-electron chi connectivity index (χ2n) is 4.80. The average molecular weight is 328 g/mol. The Kier molecular flexibility index (Phi) is 8.40. The number of hydrogen-bond donors (Lipinski definition) is 2. The summed E-state index contributed by atoms with van der Waals surface area (Å²) in [5, 5.41) is 11.5. The van der Waals surface area contributed by atoms with Crippen molar-refractivity contribution < 1.29 is 19.1 Å². The highest BCUT2D eigenvalue weighted by molar-refractivity contribution is 6.30. The van der Waals surface area contributed by atoms with Crippen molar-refractivity contribution in [3.8, 4) is 0 Å². The highest BCUT2D eigenvalue weighted by Crippen LogP contribution is 2.15. The van der Waals surface area contributed by atoms with Gasteiger partial charge in [-0.2, -0.15) is 0 Å². The summed E-state index contributed by atoms with van der Waals surface area (Å²) in [6, 6.07) is 4.24. The second-order valence-corrected chi connectivity index (χ2v) is 5.23. The zero-order valence-corrected chi connectivity index (χ0v) is 12.9. The highest BCUT2D eigenvalue weighted by atomic mass is 35.5. The lowest BCUT2D eigenvalue weighted by atomic mass is 10.1. The summed E-state index contributed by atoms with van der Waals surface area (Å²) < 4.78 is 13.5. The molecule has 0 spiro atoms. The number of unbranched alkanes of at least 4 members (excludes halogenated alkanes) is 2. The molecule has 0 aliphatic heterocycles. The SMILES string of the molecule is O=C(CO)CCCCCNC(=O)/C=C/c1ccc(Cl)cc1F. The predicted molar refractivity (Wildman–Crippen MR) is 84.0 cm³/mol. The number of ketones is 1. The first-order chi connectivity index (χ1) is 10.5. The fourth-order valence-electron chi connectivity index (χ4n) is 1.78. The Hall–Kier alpha value is -1.72. The summed E-state index contributed by atoms with van der Waals surface area (Å²) in [5.74, 6) is -0.956. The van der Waals surface area contributed by atoms with E-state index < -0.39 is 12.4 Å². The van der Waals surface area contributed by atoms with Gasteiger partial charge in [-0.15, -0.1) is 0 Å². The van der Waals surface area contributed by atoms with Crippen LogP contribution in [0.1, 0.15) is 31.2 Å². The Bertz CT molecular complexity index is 546. The first kappa shape index (κ1) is 18.3. The van der Waals surface area contributed by atoms with E-state index >= 15 is 0 Å². The fourth-order valence-corrected chi connectivity index (χ4v) is 1.93. The summed E-state index contributed by atoms with van der Waals surface area (Å²) in [6.07, 6.45) is 5.25. The van der Waals surface area contributed by atoms with Gasteiger partial charge in [0.15, 0.2) is 5.78 Å². The molecule has 0 fully saturated rings. The summed E-state index contributed by atoms with van der Waals surface area (Å²) in [6.45, 7) is 0.0718. The summed E-state index contributed by atoms with van der Waals surface area (Å²) in [4.78, 5) is 22.4. The average Bonchev–Trinajstić information content (AvgIpc) is 2.49. The minimum atomic E-state index is -0.481. The number of halogens is 2. The molecule has 0 saturated carbocycles. The van der Waals surface area contributed by atoms with E-state index in [1.54, 1.807) is 6.07 Å². The molecule has 22 heavy (non-hydrogen) atoms. The third-order valence-electron chi connectivity index (χ3n) is 2.98. The van der Waals surface area contributed by atoms with Crippen molar-refractivity contribution in [3.63, 3.8) is 0 Å². The minimum absolute atomic E-state index is 0.169. The highest BCUT2D eigenvalue weighted by Gasteiger charge is 2.01. The standard InChI is InChI=1S/C16H19ClFNO3/c17-13-7-5-12(15(18)10-13)6-8-16(22)19-9-3-1-2-4-14(21)11-20/h5-8,10,20H,1-4,9,11H2,(H,19,22)/b8-6+. The Balaban J connectivity index is 2.23. The van der Waals surface area contributed by atoms with Gasteiger partial charge in [0.2, 0.25) is 5.91 Å². The molecule has 1 aromatic rings. The van der Waals surface area contributed by atoms with Crippen LogP contribution in [0.2, 0.25) is 5.02 Å². The van der Waals surface area contributed by atoms with Crippen molar-refractivity contribution in [2.24, 2.45) is 0 Å². The van der Waals surface area contributed by atoms with Gasteiger partial charge in [0.25, 0.3) is 0 Å². The zero-order valence-electron chi connectivity index (χ0n) is 12.1. The maximum Gasteiger partial charge on any atom is 0.244 e. The van der Waals surface area contributed by atoms with Gasteiger partial charge < -0.3 is 10.4 Å². The quantitative estimate of drug-likeness (QED) is 0.541. The van der Waals surface area contributed by atoms with Crippen LogP contribution < -0.4 is 5.32 Å². The zero-order chi connectivity index (χ0) is 16.4. The van der Waals surface area contributed by atoms with Crippen LogP contribution in [0.5, 0.6) is 0 Å². The van der Waals surface area contributed by atoms with E-state index in [0.717, 1.165) is 12.8 Å². The Morgan fingerprint density at radius 1 is 1.27 bits per heavy atom. The molecule has 0 radical (unpaired) electrons. The normalized spacial score (nSPS) is 10.9. The van der Waals surface area contributed by atoms with Crippen LogP contribution >= 0.6 is 11.6 Å². The van der Waals surface area contributed by atoms with Crippen molar-refractivity contribution in [2.75, 3.05) is 13.2 Å². The lowest BCUT2D eigenvalue weighted by molar-refractivity contribution is -0.122. The molecule has 6 heteroatoms. The van der Waals surface area contributed by atoms with E-state index in [2.05, 4.69) is 5.32 Å². The topological polar surface area (TPSA) is 66.4 Å². The minimum Gasteiger partial charge on any atom is -0.389 e. The lowest BCUT2D eigenvalue weighted by Crippen LogP contribution is -2.22. The van der Waals surface area contributed by atoms with Gasteiger partial charge in [0.05, 0.1) is 0 Å². The summed E-state index contributed by atoms with van der Waals surface area (Å²) in [7, 11) is 0. The molecule has 2 N–H and O–H groups in total. The molecule has 0 aromatic heterocycles. The summed E-state index contributed by atoms with van der Waals surface area (Å²) >= 11 is 5.64. The van der Waals surface area contributed by atoms with E-state index in [9.17, 15) is 14.0 Å². The van der Waals surface area contributed by atoms with Gasteiger partial charge in [-0.25, -0.2) is 4.39 Å². The van der Waals surface area contributed by atoms with Crippen LogP contribution in [-0.4, -0.2) is 29.9 Å². The molecular weight excluding hydrogens is 309 g/mol. The largest absolute Gasteiger partial charge is 0.389 e. The molecule has 0 unspecified atom stereocenters. The number of rotatable bonds is 9. The number of Topliss-reactive ketones (excluding diaryl/α,β-unsaturated/α-hetero) is 1. The van der Waals surface area contributed by atoms with Crippen molar-refractivity contribution in [3.05, 3.63) is 40.7 Å². The molecule has 0 heterocycles. The number of carbonyl (C=O) groups is 2. The Labute approximate surface area is 134 Å². The van der Waals surface area contributed by atoms with Crippen LogP contribution in [0.25, 0.3) is 6.08 Å². The third-order valence-corrected chi connectivity index (χ3v) is 3.22. The molecule has 120 valence electrons. The molecule has 1 amide bonds. The van der Waals surface area contributed by atoms with Crippen LogP contribution in [0.3, 0.4) is 0 Å². The van der Waals surface area contributed by atoms with Gasteiger partial charge >= 0.3 is 0 Å². The monoisotopic (exact) mass is 327 g/mol. The molecule has 0 aliphatic carbocycles. The molecule has 0 aliphatic rings. The molecule has 1 aromatic carbocycles. The molecular formula is C16H19ClFNO3. The van der Waals surface area contributed by atoms with Crippen LogP contribution in [0, 0.1) is 5.82 Å². The van der Waals surface area contributed by atoms with Crippen LogP contribution in [0.15, 0.2) is 24.3 Å². The molecule has 0 saturated heterocycles. The van der Waals surface area contributed by atoms with Crippen molar-refractivity contribution in [1.82, 2.24) is 5.32 Å². The Morgan fingerprint density at radius 3 is 2.73 bits per heavy atom. The number of aliphatic hydroxyl groups is 1. The van der Waals surface area contributed by atoms with Crippen molar-refractivity contribution in [2.45, 2.75) is 25.7 Å². The van der Waals surface area contributed by atoms with E-state index in [0.29, 0.717) is 30.0 Å². The number of carbonyl (C=O) groups excluding carboxylic acids is 2. The maximum absolute atomic E-state index is 13.5. The van der Waals surface area contributed by atoms with E-state index in [1.165, 1.54) is 24.3 Å². The third kappa shape index (κ3) is 7.33. The molecule has 1 rings (SSSR count). The van der Waals surface area contributed by atoms with Gasteiger partial charge in [0.1, 0.15) is 12.4 Å². The first-order valence-electron chi connectivity index (χ1n) is 7.06. The molecule has 0 atom stereocenters. The van der Waals surface area contributed by atoms with Crippen molar-refractivity contribution in [1.29, 1.82) is 0 Å². The summed E-state index contributed by atoms with van der Waals surface area (Å²) in [5.41, 5.74) is 0.294. The maximum atomic E-state index is 13.5. The number of amides is 1. The number of hydrogen-bond acceptors (Lipinski definition) is 3. The fraction of sp³-hybridized carbons (Fsp3) is 0.375. The van der Waals surface area contributed by atoms with Gasteiger partial charge in [-0.05, 0) is 31.1 Å². The van der Waals surface area contributed by atoms with E-state index in [1.807, 2.05) is 0 Å². The van der Waals surface area contributed by atoms with Gasteiger partial charge in [-0.1, -0.05) is 24.1 Å². The van der Waals surface area contributed by atoms with Crippen molar-refractivity contribution >= 4 is 29.4 Å². The smallest absolute Gasteiger partial charge is 0.244 e. The predicted octanol–water partition coefficient (Wildman–Crippen LogP) is 2.73. The second kappa shape index (κ2) is 10.1. The number of benzene rings is 1. The number of aliphatic hydroxyl groups excluding tert-OH is 1. The van der Waals surface area contributed by atoms with Gasteiger partial charge in [-0.3, -0.25) is 9.59 Å². The van der Waals surface area contributed by atoms with Crippen LogP contribution in [-0.2, 0) is 9.59 Å². The van der Waals surface area contributed by atoms with Crippen LogP contribution in [0.4, 0.5) is 4.39 Å². The number of nitrogens with one attached hydrogen (secondary N) is 1.